The van der Waals surface area contributed by atoms with Crippen LogP contribution in [0.2, 0.25) is 0 Å². The van der Waals surface area contributed by atoms with E-state index in [9.17, 15) is 4.39 Å². The van der Waals surface area contributed by atoms with Gasteiger partial charge in [-0.25, -0.2) is 4.39 Å². The standard InChI is InChI=1S/C18H15FN2/c19-17-7-4-8-18(16(17)13-20)21-11-9-15(10-12-21)14-5-2-1-3-6-14/h1-9H,10-12H2. The third kappa shape index (κ3) is 2.66. The number of nitriles is 1. The van der Waals surface area contributed by atoms with Crippen molar-refractivity contribution in [3.63, 3.8) is 0 Å². The van der Waals surface area contributed by atoms with Crippen LogP contribution >= 0.6 is 0 Å². The number of hydrogen-bond acceptors (Lipinski definition) is 2. The molecule has 0 unspecified atom stereocenters. The van der Waals surface area contributed by atoms with Gasteiger partial charge in [-0.1, -0.05) is 42.5 Å². The molecule has 0 amide bonds. The minimum atomic E-state index is -0.451. The Balaban J connectivity index is 1.85. The van der Waals surface area contributed by atoms with E-state index in [0.717, 1.165) is 13.0 Å². The van der Waals surface area contributed by atoms with E-state index >= 15 is 0 Å². The van der Waals surface area contributed by atoms with Crippen LogP contribution < -0.4 is 4.90 Å². The molecule has 1 aliphatic heterocycles. The van der Waals surface area contributed by atoms with Gasteiger partial charge in [-0.15, -0.1) is 0 Å². The average molecular weight is 278 g/mol. The molecule has 0 aromatic heterocycles. The highest BCUT2D eigenvalue weighted by atomic mass is 19.1. The Morgan fingerprint density at radius 2 is 1.86 bits per heavy atom. The van der Waals surface area contributed by atoms with Crippen molar-refractivity contribution in [1.82, 2.24) is 0 Å². The smallest absolute Gasteiger partial charge is 0.143 e. The fraction of sp³-hybridized carbons (Fsp3) is 0.167. The van der Waals surface area contributed by atoms with E-state index in [1.165, 1.54) is 17.2 Å². The van der Waals surface area contributed by atoms with Gasteiger partial charge in [-0.05, 0) is 29.7 Å². The summed E-state index contributed by atoms with van der Waals surface area (Å²) in [5, 5.41) is 9.13. The minimum absolute atomic E-state index is 0.133. The first-order chi connectivity index (χ1) is 10.3. The molecule has 1 aliphatic rings. The third-order valence-corrected chi connectivity index (χ3v) is 3.80. The molecule has 0 aliphatic carbocycles. The van der Waals surface area contributed by atoms with Crippen molar-refractivity contribution in [2.75, 3.05) is 18.0 Å². The van der Waals surface area contributed by atoms with E-state index in [0.29, 0.717) is 12.2 Å². The van der Waals surface area contributed by atoms with Crippen LogP contribution in [-0.2, 0) is 0 Å². The van der Waals surface area contributed by atoms with Gasteiger partial charge >= 0.3 is 0 Å². The third-order valence-electron chi connectivity index (χ3n) is 3.80. The molecule has 0 radical (unpaired) electrons. The second-order valence-corrected chi connectivity index (χ2v) is 5.04. The van der Waals surface area contributed by atoms with Crippen LogP contribution in [0.3, 0.4) is 0 Å². The van der Waals surface area contributed by atoms with Crippen molar-refractivity contribution in [2.45, 2.75) is 6.42 Å². The summed E-state index contributed by atoms with van der Waals surface area (Å²) in [5.41, 5.74) is 3.36. The molecule has 0 spiro atoms. The monoisotopic (exact) mass is 278 g/mol. The van der Waals surface area contributed by atoms with Crippen LogP contribution in [0.4, 0.5) is 10.1 Å². The summed E-state index contributed by atoms with van der Waals surface area (Å²) < 4.78 is 13.7. The summed E-state index contributed by atoms with van der Waals surface area (Å²) in [7, 11) is 0. The van der Waals surface area contributed by atoms with Gasteiger partial charge in [0.1, 0.15) is 17.4 Å². The molecular weight excluding hydrogens is 263 g/mol. The van der Waals surface area contributed by atoms with E-state index in [1.54, 1.807) is 6.07 Å². The van der Waals surface area contributed by atoms with Crippen LogP contribution in [0.15, 0.2) is 54.6 Å². The van der Waals surface area contributed by atoms with Crippen LogP contribution in [0.25, 0.3) is 5.57 Å². The van der Waals surface area contributed by atoms with Crippen LogP contribution in [0.1, 0.15) is 17.5 Å². The normalized spacial score (nSPS) is 14.5. The fourth-order valence-corrected chi connectivity index (χ4v) is 2.69. The Labute approximate surface area is 123 Å². The predicted octanol–water partition coefficient (Wildman–Crippen LogP) is 3.99. The van der Waals surface area contributed by atoms with Crippen molar-refractivity contribution in [2.24, 2.45) is 0 Å². The zero-order valence-corrected chi connectivity index (χ0v) is 11.6. The van der Waals surface area contributed by atoms with E-state index in [-0.39, 0.29) is 5.56 Å². The molecule has 21 heavy (non-hydrogen) atoms. The Bertz CT molecular complexity index is 714. The van der Waals surface area contributed by atoms with Crippen molar-refractivity contribution >= 4 is 11.3 Å². The SMILES string of the molecule is N#Cc1c(F)cccc1N1CC=C(c2ccccc2)CC1. The number of rotatable bonds is 2. The topological polar surface area (TPSA) is 27.0 Å². The second-order valence-electron chi connectivity index (χ2n) is 5.04. The molecule has 0 saturated carbocycles. The van der Waals surface area contributed by atoms with E-state index in [1.807, 2.05) is 35.2 Å². The number of anilines is 1. The molecule has 0 atom stereocenters. The molecule has 0 bridgehead atoms. The maximum atomic E-state index is 13.7. The zero-order valence-electron chi connectivity index (χ0n) is 11.6. The Morgan fingerprint density at radius 1 is 1.05 bits per heavy atom. The van der Waals surface area contributed by atoms with Gasteiger partial charge in [0.15, 0.2) is 0 Å². The molecule has 0 saturated heterocycles. The van der Waals surface area contributed by atoms with Gasteiger partial charge < -0.3 is 4.90 Å². The minimum Gasteiger partial charge on any atom is -0.366 e. The lowest BCUT2D eigenvalue weighted by molar-refractivity contribution is 0.622. The highest BCUT2D eigenvalue weighted by Gasteiger charge is 2.17. The molecular formula is C18H15FN2. The summed E-state index contributed by atoms with van der Waals surface area (Å²) in [6.07, 6.45) is 3.05. The number of benzene rings is 2. The van der Waals surface area contributed by atoms with Crippen LogP contribution in [0, 0.1) is 17.1 Å². The number of halogens is 1. The van der Waals surface area contributed by atoms with Gasteiger partial charge in [-0.2, -0.15) is 5.26 Å². The van der Waals surface area contributed by atoms with E-state index in [2.05, 4.69) is 18.2 Å². The zero-order chi connectivity index (χ0) is 14.7. The highest BCUT2D eigenvalue weighted by Crippen LogP contribution is 2.28. The number of hydrogen-bond donors (Lipinski definition) is 0. The lowest BCUT2D eigenvalue weighted by Gasteiger charge is -2.29. The molecule has 3 rings (SSSR count). The second kappa shape index (κ2) is 5.80. The first-order valence-electron chi connectivity index (χ1n) is 6.97. The molecule has 3 heteroatoms. The first kappa shape index (κ1) is 13.4. The van der Waals surface area contributed by atoms with Gasteiger partial charge in [-0.3, -0.25) is 0 Å². The summed E-state index contributed by atoms with van der Waals surface area (Å²) in [6.45, 7) is 1.49. The Morgan fingerprint density at radius 3 is 2.52 bits per heavy atom. The summed E-state index contributed by atoms with van der Waals surface area (Å²) in [6, 6.07) is 17.0. The van der Waals surface area contributed by atoms with Crippen molar-refractivity contribution < 1.29 is 4.39 Å². The first-order valence-corrected chi connectivity index (χ1v) is 6.97. The largest absolute Gasteiger partial charge is 0.366 e. The Hall–Kier alpha value is -2.60. The van der Waals surface area contributed by atoms with Crippen LogP contribution in [0.5, 0.6) is 0 Å². The summed E-state index contributed by atoms with van der Waals surface area (Å²) in [4.78, 5) is 2.05. The van der Waals surface area contributed by atoms with E-state index < -0.39 is 5.82 Å². The van der Waals surface area contributed by atoms with Crippen molar-refractivity contribution in [3.05, 3.63) is 71.6 Å². The predicted molar refractivity (Wildman–Crippen MR) is 82.4 cm³/mol. The average Bonchev–Trinajstić information content (AvgIpc) is 2.55. The lowest BCUT2D eigenvalue weighted by atomic mass is 9.99. The van der Waals surface area contributed by atoms with E-state index in [4.69, 9.17) is 5.26 Å². The summed E-state index contributed by atoms with van der Waals surface area (Å²) in [5.74, 6) is -0.451. The van der Waals surface area contributed by atoms with Crippen molar-refractivity contribution in [3.8, 4) is 6.07 Å². The Kier molecular flexibility index (Phi) is 3.70. The molecule has 104 valence electrons. The quantitative estimate of drug-likeness (QED) is 0.830. The number of nitrogens with zero attached hydrogens (tertiary/aromatic N) is 2. The van der Waals surface area contributed by atoms with Crippen molar-refractivity contribution in [1.29, 1.82) is 5.26 Å². The maximum absolute atomic E-state index is 13.7. The van der Waals surface area contributed by atoms with Gasteiger partial charge in [0, 0.05) is 13.1 Å². The maximum Gasteiger partial charge on any atom is 0.143 e. The molecule has 0 fully saturated rings. The van der Waals surface area contributed by atoms with Gasteiger partial charge in [0.25, 0.3) is 0 Å². The molecule has 1 heterocycles. The van der Waals surface area contributed by atoms with Crippen LogP contribution in [-0.4, -0.2) is 13.1 Å². The molecule has 0 N–H and O–H groups in total. The van der Waals surface area contributed by atoms with Gasteiger partial charge in [0.05, 0.1) is 5.69 Å². The molecule has 2 nitrogen and oxygen atoms in total. The lowest BCUT2D eigenvalue weighted by Crippen LogP contribution is -2.29. The molecule has 2 aromatic carbocycles. The summed E-state index contributed by atoms with van der Waals surface area (Å²) >= 11 is 0. The molecule has 2 aromatic rings. The highest BCUT2D eigenvalue weighted by molar-refractivity contribution is 5.70. The van der Waals surface area contributed by atoms with Gasteiger partial charge in [0.2, 0.25) is 0 Å². The fourth-order valence-electron chi connectivity index (χ4n) is 2.69.